The highest BCUT2D eigenvalue weighted by Gasteiger charge is 2.04. The van der Waals surface area contributed by atoms with Gasteiger partial charge in [0.25, 0.3) is 5.69 Å². The van der Waals surface area contributed by atoms with Gasteiger partial charge in [-0.3, -0.25) is 14.9 Å². The summed E-state index contributed by atoms with van der Waals surface area (Å²) < 4.78 is 5.21. The van der Waals surface area contributed by atoms with Crippen LogP contribution in [0.3, 0.4) is 0 Å². The number of methoxy groups -OCH3 is 1. The van der Waals surface area contributed by atoms with E-state index >= 15 is 0 Å². The predicted octanol–water partition coefficient (Wildman–Crippen LogP) is 2.93. The lowest BCUT2D eigenvalue weighted by Gasteiger charge is -2.08. The Hall–Kier alpha value is -3.15. The zero-order chi connectivity index (χ0) is 16.7. The Morgan fingerprint density at radius 2 is 1.91 bits per heavy atom. The number of nitro groups is 1. The molecule has 2 aromatic rings. The number of carbonyl (C=O) groups excluding carboxylic acids is 1. The number of para-hydroxylation sites is 1. The van der Waals surface area contributed by atoms with Crippen molar-refractivity contribution in [2.24, 2.45) is 0 Å². The van der Waals surface area contributed by atoms with Crippen LogP contribution in [-0.2, 0) is 11.3 Å². The van der Waals surface area contributed by atoms with Crippen LogP contribution in [0.1, 0.15) is 11.1 Å². The van der Waals surface area contributed by atoms with E-state index in [0.29, 0.717) is 17.9 Å². The number of nitro benzene ring substituents is 1. The maximum atomic E-state index is 11.8. The molecule has 0 saturated heterocycles. The lowest BCUT2D eigenvalue weighted by atomic mass is 10.2. The van der Waals surface area contributed by atoms with Crippen LogP contribution in [0, 0.1) is 10.1 Å². The Bertz CT molecular complexity index is 724. The summed E-state index contributed by atoms with van der Waals surface area (Å²) in [5.41, 5.74) is 1.61. The van der Waals surface area contributed by atoms with E-state index in [9.17, 15) is 14.9 Å². The number of nitrogens with zero attached hydrogens (tertiary/aromatic N) is 1. The minimum absolute atomic E-state index is 0.0165. The fourth-order valence-corrected chi connectivity index (χ4v) is 1.97. The minimum Gasteiger partial charge on any atom is -0.496 e. The van der Waals surface area contributed by atoms with Crippen molar-refractivity contribution >= 4 is 17.7 Å². The number of ether oxygens (including phenoxy) is 1. The van der Waals surface area contributed by atoms with Crippen molar-refractivity contribution in [3.05, 3.63) is 75.8 Å². The van der Waals surface area contributed by atoms with Crippen molar-refractivity contribution in [1.82, 2.24) is 5.32 Å². The number of nitrogens with one attached hydrogen (secondary N) is 1. The molecule has 0 aliphatic carbocycles. The van der Waals surface area contributed by atoms with Crippen molar-refractivity contribution in [1.29, 1.82) is 0 Å². The quantitative estimate of drug-likeness (QED) is 0.505. The summed E-state index contributed by atoms with van der Waals surface area (Å²) >= 11 is 0. The molecule has 2 rings (SSSR count). The van der Waals surface area contributed by atoms with Gasteiger partial charge in [0.2, 0.25) is 5.91 Å². The van der Waals surface area contributed by atoms with E-state index in [1.807, 2.05) is 24.3 Å². The number of non-ortho nitro benzene ring substituents is 1. The molecule has 0 aromatic heterocycles. The monoisotopic (exact) mass is 312 g/mol. The molecule has 0 aliphatic heterocycles. The first-order valence-electron chi connectivity index (χ1n) is 6.92. The van der Waals surface area contributed by atoms with Gasteiger partial charge in [-0.1, -0.05) is 18.2 Å². The standard InChI is InChI=1S/C17H16N2O4/c1-23-16-5-3-2-4-14(16)12-18-17(20)11-8-13-6-9-15(10-7-13)19(21)22/h2-11H,12H2,1H3,(H,18,20). The number of carbonyl (C=O) groups is 1. The highest BCUT2D eigenvalue weighted by atomic mass is 16.6. The van der Waals surface area contributed by atoms with Crippen LogP contribution in [0.4, 0.5) is 5.69 Å². The first-order valence-corrected chi connectivity index (χ1v) is 6.92. The van der Waals surface area contributed by atoms with Crippen LogP contribution in [0.15, 0.2) is 54.6 Å². The van der Waals surface area contributed by atoms with Crippen LogP contribution in [0.2, 0.25) is 0 Å². The number of hydrogen-bond acceptors (Lipinski definition) is 4. The zero-order valence-electron chi connectivity index (χ0n) is 12.6. The molecule has 0 bridgehead atoms. The van der Waals surface area contributed by atoms with Crippen molar-refractivity contribution in [3.63, 3.8) is 0 Å². The van der Waals surface area contributed by atoms with Gasteiger partial charge in [-0.05, 0) is 29.8 Å². The lowest BCUT2D eigenvalue weighted by molar-refractivity contribution is -0.384. The summed E-state index contributed by atoms with van der Waals surface area (Å²) in [6.45, 7) is 0.355. The fraction of sp³-hybridized carbons (Fsp3) is 0.118. The highest BCUT2D eigenvalue weighted by molar-refractivity contribution is 5.91. The molecule has 0 fully saturated rings. The second-order valence-corrected chi connectivity index (χ2v) is 4.71. The summed E-state index contributed by atoms with van der Waals surface area (Å²) in [6.07, 6.45) is 2.98. The minimum atomic E-state index is -0.465. The molecule has 1 amide bonds. The van der Waals surface area contributed by atoms with Gasteiger partial charge in [-0.2, -0.15) is 0 Å². The topological polar surface area (TPSA) is 81.5 Å². The Kier molecular flexibility index (Phi) is 5.46. The molecule has 0 saturated carbocycles. The predicted molar refractivity (Wildman–Crippen MR) is 87.0 cm³/mol. The van der Waals surface area contributed by atoms with E-state index in [1.54, 1.807) is 25.3 Å². The third kappa shape index (κ3) is 4.67. The molecule has 23 heavy (non-hydrogen) atoms. The average molecular weight is 312 g/mol. The summed E-state index contributed by atoms with van der Waals surface area (Å²) in [6, 6.07) is 13.4. The molecule has 0 radical (unpaired) electrons. The molecule has 2 aromatic carbocycles. The normalized spacial score (nSPS) is 10.5. The van der Waals surface area contributed by atoms with Gasteiger partial charge in [-0.25, -0.2) is 0 Å². The molecule has 0 spiro atoms. The SMILES string of the molecule is COc1ccccc1CNC(=O)C=Cc1ccc([N+](=O)[O-])cc1. The number of rotatable bonds is 6. The Balaban J connectivity index is 1.92. The second kappa shape index (κ2) is 7.74. The van der Waals surface area contributed by atoms with Crippen LogP contribution < -0.4 is 10.1 Å². The Morgan fingerprint density at radius 1 is 1.22 bits per heavy atom. The molecule has 6 heteroatoms. The Labute approximate surface area is 133 Å². The molecule has 6 nitrogen and oxygen atoms in total. The van der Waals surface area contributed by atoms with Crippen LogP contribution in [0.25, 0.3) is 6.08 Å². The third-order valence-corrected chi connectivity index (χ3v) is 3.18. The molecular formula is C17H16N2O4. The lowest BCUT2D eigenvalue weighted by Crippen LogP contribution is -2.20. The van der Waals surface area contributed by atoms with Crippen LogP contribution in [-0.4, -0.2) is 17.9 Å². The molecule has 0 aliphatic rings. The van der Waals surface area contributed by atoms with Crippen molar-refractivity contribution in [2.45, 2.75) is 6.54 Å². The summed E-state index contributed by atoms with van der Waals surface area (Å²) in [5.74, 6) is 0.460. The smallest absolute Gasteiger partial charge is 0.269 e. The number of benzene rings is 2. The van der Waals surface area contributed by atoms with Crippen LogP contribution >= 0.6 is 0 Å². The van der Waals surface area contributed by atoms with Crippen molar-refractivity contribution < 1.29 is 14.5 Å². The molecular weight excluding hydrogens is 296 g/mol. The van der Waals surface area contributed by atoms with Gasteiger partial charge in [0, 0.05) is 30.3 Å². The highest BCUT2D eigenvalue weighted by Crippen LogP contribution is 2.16. The van der Waals surface area contributed by atoms with Crippen molar-refractivity contribution in [2.75, 3.05) is 7.11 Å². The van der Waals surface area contributed by atoms with E-state index < -0.39 is 4.92 Å². The fourth-order valence-electron chi connectivity index (χ4n) is 1.97. The van der Waals surface area contributed by atoms with Gasteiger partial charge < -0.3 is 10.1 Å². The maximum absolute atomic E-state index is 11.8. The Morgan fingerprint density at radius 3 is 2.57 bits per heavy atom. The molecule has 1 N–H and O–H groups in total. The third-order valence-electron chi connectivity index (χ3n) is 3.18. The second-order valence-electron chi connectivity index (χ2n) is 4.71. The van der Waals surface area contributed by atoms with Gasteiger partial charge >= 0.3 is 0 Å². The van der Waals surface area contributed by atoms with Crippen LogP contribution in [0.5, 0.6) is 5.75 Å². The molecule has 0 atom stereocenters. The largest absolute Gasteiger partial charge is 0.496 e. The summed E-state index contributed by atoms with van der Waals surface area (Å²) in [4.78, 5) is 21.9. The number of hydrogen-bond donors (Lipinski definition) is 1. The average Bonchev–Trinajstić information content (AvgIpc) is 2.58. The van der Waals surface area contributed by atoms with Crippen molar-refractivity contribution in [3.8, 4) is 5.75 Å². The molecule has 0 unspecified atom stereocenters. The molecule has 118 valence electrons. The van der Waals surface area contributed by atoms with E-state index in [1.165, 1.54) is 18.2 Å². The van der Waals surface area contributed by atoms with Gasteiger partial charge in [0.15, 0.2) is 0 Å². The first kappa shape index (κ1) is 16.2. The van der Waals surface area contributed by atoms with Gasteiger partial charge in [-0.15, -0.1) is 0 Å². The maximum Gasteiger partial charge on any atom is 0.269 e. The van der Waals surface area contributed by atoms with E-state index in [-0.39, 0.29) is 11.6 Å². The van der Waals surface area contributed by atoms with Gasteiger partial charge in [0.1, 0.15) is 5.75 Å². The zero-order valence-corrected chi connectivity index (χ0v) is 12.6. The van der Waals surface area contributed by atoms with E-state index in [4.69, 9.17) is 4.74 Å². The molecule has 0 heterocycles. The van der Waals surface area contributed by atoms with E-state index in [2.05, 4.69) is 5.32 Å². The van der Waals surface area contributed by atoms with E-state index in [0.717, 1.165) is 5.56 Å². The van der Waals surface area contributed by atoms with Gasteiger partial charge in [0.05, 0.1) is 12.0 Å². The number of amides is 1. The summed E-state index contributed by atoms with van der Waals surface area (Å²) in [5, 5.41) is 13.3. The summed E-state index contributed by atoms with van der Waals surface area (Å²) in [7, 11) is 1.58. The first-order chi connectivity index (χ1) is 11.1.